The SMILES string of the molecule is Fc1cc(-c2ccccc2)cc(-c2ccccc2)c1N(c1ccc(-c2ccccc2)cc1)c1ccc2c(c1)c1ccccc1n2-c1ccccc1. The van der Waals surface area contributed by atoms with Crippen molar-refractivity contribution in [2.75, 3.05) is 4.90 Å². The van der Waals surface area contributed by atoms with Crippen LogP contribution in [0.4, 0.5) is 21.5 Å². The Morgan fingerprint density at radius 3 is 1.55 bits per heavy atom. The number of anilines is 3. The minimum atomic E-state index is -0.297. The van der Waals surface area contributed by atoms with Crippen molar-refractivity contribution in [1.82, 2.24) is 4.57 Å². The molecule has 0 unspecified atom stereocenters. The molecule has 0 aliphatic carbocycles. The van der Waals surface area contributed by atoms with Gasteiger partial charge in [0.2, 0.25) is 0 Å². The standard InChI is InChI=1S/C48H33FN2/c49-45-32-38(35-17-7-2-8-18-35)31-43(37-19-9-3-10-20-37)48(45)50(40-27-25-36(26-28-40)34-15-5-1-6-16-34)41-29-30-47-44(33-41)42-23-13-14-24-46(42)51(47)39-21-11-4-12-22-39/h1-33H. The van der Waals surface area contributed by atoms with Gasteiger partial charge in [-0.05, 0) is 88.5 Å². The van der Waals surface area contributed by atoms with Crippen LogP contribution in [-0.4, -0.2) is 4.57 Å². The van der Waals surface area contributed by atoms with Crippen LogP contribution in [0.3, 0.4) is 0 Å². The summed E-state index contributed by atoms with van der Waals surface area (Å²) in [6.45, 7) is 0. The zero-order valence-corrected chi connectivity index (χ0v) is 27.8. The van der Waals surface area contributed by atoms with E-state index in [9.17, 15) is 0 Å². The molecule has 0 spiro atoms. The molecular weight excluding hydrogens is 624 g/mol. The largest absolute Gasteiger partial charge is 0.309 e. The molecule has 0 bridgehead atoms. The summed E-state index contributed by atoms with van der Waals surface area (Å²) < 4.78 is 19.5. The lowest BCUT2D eigenvalue weighted by atomic mass is 9.95. The highest BCUT2D eigenvalue weighted by molar-refractivity contribution is 6.11. The maximum absolute atomic E-state index is 17.2. The van der Waals surface area contributed by atoms with Crippen molar-refractivity contribution >= 4 is 38.9 Å². The van der Waals surface area contributed by atoms with Gasteiger partial charge in [-0.15, -0.1) is 0 Å². The second-order valence-corrected chi connectivity index (χ2v) is 12.7. The van der Waals surface area contributed by atoms with Gasteiger partial charge in [0, 0.05) is 33.4 Å². The second-order valence-electron chi connectivity index (χ2n) is 12.7. The average molecular weight is 657 g/mol. The van der Waals surface area contributed by atoms with Crippen molar-refractivity contribution in [2.45, 2.75) is 0 Å². The molecule has 0 amide bonds. The highest BCUT2D eigenvalue weighted by Gasteiger charge is 2.24. The lowest BCUT2D eigenvalue weighted by Crippen LogP contribution is -2.13. The van der Waals surface area contributed by atoms with Gasteiger partial charge >= 0.3 is 0 Å². The summed E-state index contributed by atoms with van der Waals surface area (Å²) in [5, 5.41) is 2.24. The number of para-hydroxylation sites is 2. The van der Waals surface area contributed by atoms with Crippen LogP contribution in [-0.2, 0) is 0 Å². The van der Waals surface area contributed by atoms with E-state index in [1.54, 1.807) is 6.07 Å². The highest BCUT2D eigenvalue weighted by Crippen LogP contribution is 2.46. The number of hydrogen-bond acceptors (Lipinski definition) is 1. The van der Waals surface area contributed by atoms with Crippen LogP contribution in [0.2, 0.25) is 0 Å². The molecule has 2 nitrogen and oxygen atoms in total. The van der Waals surface area contributed by atoms with Gasteiger partial charge in [0.05, 0.1) is 16.7 Å². The lowest BCUT2D eigenvalue weighted by molar-refractivity contribution is 0.630. The Morgan fingerprint density at radius 1 is 0.373 bits per heavy atom. The Bertz CT molecular complexity index is 2610. The summed E-state index contributed by atoms with van der Waals surface area (Å²) in [4.78, 5) is 2.08. The summed E-state index contributed by atoms with van der Waals surface area (Å²) in [7, 11) is 0. The van der Waals surface area contributed by atoms with E-state index in [4.69, 9.17) is 0 Å². The maximum Gasteiger partial charge on any atom is 0.148 e. The van der Waals surface area contributed by atoms with Gasteiger partial charge in [-0.3, -0.25) is 0 Å². The molecular formula is C48H33FN2. The van der Waals surface area contributed by atoms with Gasteiger partial charge in [0.15, 0.2) is 0 Å². The molecule has 0 N–H and O–H groups in total. The van der Waals surface area contributed by atoms with Crippen LogP contribution < -0.4 is 4.90 Å². The fourth-order valence-corrected chi connectivity index (χ4v) is 7.26. The van der Waals surface area contributed by atoms with Crippen LogP contribution in [0.1, 0.15) is 0 Å². The van der Waals surface area contributed by atoms with Crippen molar-refractivity contribution in [3.63, 3.8) is 0 Å². The van der Waals surface area contributed by atoms with Gasteiger partial charge in [-0.2, -0.15) is 0 Å². The zero-order chi connectivity index (χ0) is 34.1. The number of benzene rings is 8. The van der Waals surface area contributed by atoms with Gasteiger partial charge < -0.3 is 9.47 Å². The molecule has 0 aliphatic rings. The number of halogens is 1. The molecule has 8 aromatic carbocycles. The smallest absolute Gasteiger partial charge is 0.148 e. The maximum atomic E-state index is 17.2. The molecule has 0 fully saturated rings. The summed E-state index contributed by atoms with van der Waals surface area (Å²) in [6, 6.07) is 68.2. The van der Waals surface area contributed by atoms with E-state index in [0.29, 0.717) is 5.69 Å². The Labute approximate surface area is 296 Å². The molecule has 3 heteroatoms. The molecule has 0 saturated carbocycles. The fraction of sp³-hybridized carbons (Fsp3) is 0. The minimum absolute atomic E-state index is 0.297. The summed E-state index contributed by atoms with van der Waals surface area (Å²) >= 11 is 0. The molecule has 0 radical (unpaired) electrons. The molecule has 51 heavy (non-hydrogen) atoms. The zero-order valence-electron chi connectivity index (χ0n) is 27.8. The first-order valence-corrected chi connectivity index (χ1v) is 17.2. The third-order valence-corrected chi connectivity index (χ3v) is 9.64. The van der Waals surface area contributed by atoms with Crippen LogP contribution in [0.5, 0.6) is 0 Å². The van der Waals surface area contributed by atoms with Gasteiger partial charge in [0.1, 0.15) is 5.82 Å². The monoisotopic (exact) mass is 656 g/mol. The Hall–Kier alpha value is -6.71. The number of aromatic nitrogens is 1. The van der Waals surface area contributed by atoms with Gasteiger partial charge in [-0.25, -0.2) is 4.39 Å². The van der Waals surface area contributed by atoms with Crippen LogP contribution in [0.25, 0.3) is 60.9 Å². The van der Waals surface area contributed by atoms with E-state index in [0.717, 1.165) is 72.2 Å². The molecule has 9 rings (SSSR count). The summed E-state index contributed by atoms with van der Waals surface area (Å²) in [5.41, 5.74) is 11.3. The Kier molecular flexibility index (Phi) is 7.71. The number of nitrogens with zero attached hydrogens (tertiary/aromatic N) is 2. The summed E-state index contributed by atoms with van der Waals surface area (Å²) in [5.74, 6) is -0.297. The minimum Gasteiger partial charge on any atom is -0.309 e. The van der Waals surface area contributed by atoms with E-state index in [2.05, 4.69) is 131 Å². The van der Waals surface area contributed by atoms with E-state index < -0.39 is 0 Å². The van der Waals surface area contributed by atoms with E-state index in [1.807, 2.05) is 72.8 Å². The molecule has 242 valence electrons. The van der Waals surface area contributed by atoms with Crippen molar-refractivity contribution in [2.24, 2.45) is 0 Å². The van der Waals surface area contributed by atoms with Gasteiger partial charge in [0.25, 0.3) is 0 Å². The second kappa shape index (κ2) is 13.0. The normalized spacial score (nSPS) is 11.2. The van der Waals surface area contributed by atoms with Crippen molar-refractivity contribution in [3.05, 3.63) is 206 Å². The number of fused-ring (bicyclic) bond motifs is 3. The third-order valence-electron chi connectivity index (χ3n) is 9.64. The molecule has 0 atom stereocenters. The van der Waals surface area contributed by atoms with Gasteiger partial charge in [-0.1, -0.05) is 140 Å². The van der Waals surface area contributed by atoms with E-state index in [-0.39, 0.29) is 5.82 Å². The van der Waals surface area contributed by atoms with Crippen molar-refractivity contribution in [3.8, 4) is 39.1 Å². The average Bonchev–Trinajstić information content (AvgIpc) is 3.54. The first-order chi connectivity index (χ1) is 25.2. The Balaban J connectivity index is 1.31. The third kappa shape index (κ3) is 5.55. The molecule has 1 heterocycles. The van der Waals surface area contributed by atoms with Crippen LogP contribution in [0, 0.1) is 5.82 Å². The molecule has 9 aromatic rings. The van der Waals surface area contributed by atoms with E-state index in [1.165, 1.54) is 0 Å². The topological polar surface area (TPSA) is 8.17 Å². The first kappa shape index (κ1) is 30.4. The fourth-order valence-electron chi connectivity index (χ4n) is 7.26. The van der Waals surface area contributed by atoms with Crippen LogP contribution in [0.15, 0.2) is 200 Å². The van der Waals surface area contributed by atoms with E-state index >= 15 is 4.39 Å². The van der Waals surface area contributed by atoms with Crippen LogP contribution >= 0.6 is 0 Å². The van der Waals surface area contributed by atoms with Crippen molar-refractivity contribution < 1.29 is 4.39 Å². The molecule has 0 saturated heterocycles. The predicted molar refractivity (Wildman–Crippen MR) is 212 cm³/mol. The quantitative estimate of drug-likeness (QED) is 0.166. The highest BCUT2D eigenvalue weighted by atomic mass is 19.1. The predicted octanol–water partition coefficient (Wildman–Crippen LogP) is 13.4. The lowest BCUT2D eigenvalue weighted by Gasteiger charge is -2.29. The molecule has 1 aromatic heterocycles. The number of rotatable bonds is 7. The Morgan fingerprint density at radius 2 is 0.882 bits per heavy atom. The first-order valence-electron chi connectivity index (χ1n) is 17.2. The number of hydrogen-bond donors (Lipinski definition) is 0. The summed E-state index contributed by atoms with van der Waals surface area (Å²) in [6.07, 6.45) is 0. The molecule has 0 aliphatic heterocycles. The van der Waals surface area contributed by atoms with Crippen molar-refractivity contribution in [1.29, 1.82) is 0 Å².